The average Bonchev–Trinajstić information content (AvgIpc) is 2.96. The predicted molar refractivity (Wildman–Crippen MR) is 174 cm³/mol. The molecule has 2 bridgehead atoms. The van der Waals surface area contributed by atoms with E-state index in [2.05, 4.69) is 52.5 Å². The topological polar surface area (TPSA) is 85.2 Å². The molecule has 0 radical (unpaired) electrons. The largest absolute Gasteiger partial charge is 0.508 e. The number of benzene rings is 2. The van der Waals surface area contributed by atoms with E-state index >= 15 is 0 Å². The molecule has 0 amide bonds. The van der Waals surface area contributed by atoms with E-state index in [1.807, 2.05) is 6.92 Å². The lowest BCUT2D eigenvalue weighted by Crippen LogP contribution is -2.62. The van der Waals surface area contributed by atoms with E-state index in [4.69, 9.17) is 14.2 Å². The number of allylic oxidation sites excluding steroid dienone is 6. The number of phenolic OH excluding ortho intramolecular Hbond substituents is 2. The molecule has 2 aromatic carbocycles. The molecule has 1 aliphatic carbocycles. The Morgan fingerprint density at radius 2 is 1.73 bits per heavy atom. The fourth-order valence-corrected chi connectivity index (χ4v) is 7.30. The van der Waals surface area contributed by atoms with E-state index in [1.54, 1.807) is 24.3 Å². The van der Waals surface area contributed by atoms with Gasteiger partial charge in [0.25, 0.3) is 0 Å². The second-order valence-corrected chi connectivity index (χ2v) is 13.2. The maximum atomic E-state index is 13.2. The molecule has 5 rings (SSSR count). The van der Waals surface area contributed by atoms with Crippen LogP contribution in [-0.4, -0.2) is 28.9 Å². The second-order valence-electron chi connectivity index (χ2n) is 13.2. The quantitative estimate of drug-likeness (QED) is 0.210. The maximum Gasteiger partial charge on any atom is 0.350 e. The molecule has 2 heterocycles. The van der Waals surface area contributed by atoms with Crippen molar-refractivity contribution in [1.82, 2.24) is 0 Å². The summed E-state index contributed by atoms with van der Waals surface area (Å²) in [5.41, 5.74) is 5.45. The highest BCUT2D eigenvalue weighted by molar-refractivity contribution is 5.88. The van der Waals surface area contributed by atoms with Crippen molar-refractivity contribution in [3.63, 3.8) is 0 Å². The highest BCUT2D eigenvalue weighted by Gasteiger charge is 2.64. The Morgan fingerprint density at radius 1 is 1.02 bits per heavy atom. The van der Waals surface area contributed by atoms with Crippen molar-refractivity contribution >= 4 is 5.97 Å². The SMILES string of the molecule is C=C(C)C1CCC2(C(=O)OC)CC13Oc1c(CC=C(C)CCC=C(C)CCC=C(C)C)cc(O)cc1-c1c(O)ccc(c13)O2. The summed E-state index contributed by atoms with van der Waals surface area (Å²) < 4.78 is 18.8. The van der Waals surface area contributed by atoms with Crippen molar-refractivity contribution in [2.45, 2.75) is 97.2 Å². The normalized spacial score (nSPS) is 23.5. The number of aromatic hydroxyl groups is 2. The predicted octanol–water partition coefficient (Wildman–Crippen LogP) is 8.99. The van der Waals surface area contributed by atoms with E-state index in [-0.39, 0.29) is 23.8 Å². The Balaban J connectivity index is 1.52. The average molecular weight is 599 g/mol. The lowest BCUT2D eigenvalue weighted by atomic mass is 9.60. The highest BCUT2D eigenvalue weighted by atomic mass is 16.6. The fourth-order valence-electron chi connectivity index (χ4n) is 7.30. The van der Waals surface area contributed by atoms with Crippen LogP contribution in [0.1, 0.15) is 90.7 Å². The molecule has 3 aliphatic rings. The molecule has 3 unspecified atom stereocenters. The standard InChI is InChI=1S/C38H46O6/c1-23(2)10-8-11-25(5)12-9-13-26(6)14-15-27-20-28(39)21-29-33-31(40)16-17-32-34(33)38(44-35(27)29)22-37(43-32,36(41)42-7)19-18-30(38)24(3)4/h10,12,14,16-17,20-21,30,39-40H,3,8-9,11,13,15,18-19,22H2,1-2,4-7H3. The van der Waals surface area contributed by atoms with E-state index in [1.165, 1.54) is 23.8 Å². The van der Waals surface area contributed by atoms with Crippen molar-refractivity contribution in [1.29, 1.82) is 0 Å². The molecule has 6 nitrogen and oxygen atoms in total. The van der Waals surface area contributed by atoms with Gasteiger partial charge in [0.1, 0.15) is 28.6 Å². The first-order valence-corrected chi connectivity index (χ1v) is 15.7. The summed E-state index contributed by atoms with van der Waals surface area (Å²) in [4.78, 5) is 13.2. The second kappa shape index (κ2) is 12.2. The lowest BCUT2D eigenvalue weighted by molar-refractivity contribution is -0.181. The Labute approximate surface area is 261 Å². The van der Waals surface area contributed by atoms with Gasteiger partial charge in [0, 0.05) is 34.6 Å². The molecule has 0 aromatic heterocycles. The number of phenols is 2. The number of rotatable bonds is 10. The van der Waals surface area contributed by atoms with Crippen molar-refractivity contribution < 1.29 is 29.2 Å². The van der Waals surface area contributed by atoms with Crippen LogP contribution in [0.15, 0.2) is 71.4 Å². The maximum absolute atomic E-state index is 13.2. The van der Waals surface area contributed by atoms with Gasteiger partial charge in [-0.25, -0.2) is 4.79 Å². The first kappa shape index (κ1) is 31.5. The molecule has 3 atom stereocenters. The summed E-state index contributed by atoms with van der Waals surface area (Å²) in [5.74, 6) is 0.700. The highest BCUT2D eigenvalue weighted by Crippen LogP contribution is 2.65. The summed E-state index contributed by atoms with van der Waals surface area (Å²) in [5, 5.41) is 22.1. The van der Waals surface area contributed by atoms with Gasteiger partial charge in [0.05, 0.1) is 7.11 Å². The number of esters is 1. The number of ether oxygens (including phenoxy) is 3. The van der Waals surface area contributed by atoms with Crippen LogP contribution in [0.3, 0.4) is 0 Å². The molecule has 2 aromatic rings. The molecule has 1 spiro atoms. The number of carbonyl (C=O) groups excluding carboxylic acids is 1. The zero-order valence-electron chi connectivity index (χ0n) is 27.0. The van der Waals surface area contributed by atoms with Crippen LogP contribution >= 0.6 is 0 Å². The van der Waals surface area contributed by atoms with E-state index < -0.39 is 17.2 Å². The van der Waals surface area contributed by atoms with Gasteiger partial charge in [-0.15, -0.1) is 0 Å². The summed E-state index contributed by atoms with van der Waals surface area (Å²) in [6.45, 7) is 14.9. The van der Waals surface area contributed by atoms with Crippen molar-refractivity contribution in [2.24, 2.45) is 5.92 Å². The third kappa shape index (κ3) is 5.67. The smallest absolute Gasteiger partial charge is 0.350 e. The van der Waals surface area contributed by atoms with Crippen molar-refractivity contribution in [3.05, 3.63) is 82.5 Å². The fraction of sp³-hybridized carbons (Fsp3) is 0.447. The molecular formula is C38H46O6. The summed E-state index contributed by atoms with van der Waals surface area (Å²) in [6.07, 6.45) is 12.7. The van der Waals surface area contributed by atoms with Gasteiger partial charge in [0.15, 0.2) is 0 Å². The van der Waals surface area contributed by atoms with Gasteiger partial charge in [-0.05, 0) is 104 Å². The number of hydrogen-bond donors (Lipinski definition) is 2. The number of carbonyl (C=O) groups is 1. The summed E-state index contributed by atoms with van der Waals surface area (Å²) in [7, 11) is 1.38. The Morgan fingerprint density at radius 3 is 2.41 bits per heavy atom. The molecular weight excluding hydrogens is 552 g/mol. The van der Waals surface area contributed by atoms with Gasteiger partial charge in [0.2, 0.25) is 5.60 Å². The van der Waals surface area contributed by atoms with Gasteiger partial charge in [-0.1, -0.05) is 47.1 Å². The minimum atomic E-state index is -1.20. The van der Waals surface area contributed by atoms with Crippen LogP contribution in [0.2, 0.25) is 0 Å². The minimum Gasteiger partial charge on any atom is -0.508 e. The van der Waals surface area contributed by atoms with Crippen molar-refractivity contribution in [3.8, 4) is 34.1 Å². The summed E-state index contributed by atoms with van der Waals surface area (Å²) >= 11 is 0. The Hall–Kier alpha value is -3.93. The van der Waals surface area contributed by atoms with E-state index in [9.17, 15) is 15.0 Å². The third-order valence-electron chi connectivity index (χ3n) is 9.47. The zero-order chi connectivity index (χ0) is 31.8. The third-order valence-corrected chi connectivity index (χ3v) is 9.47. The van der Waals surface area contributed by atoms with Crippen LogP contribution < -0.4 is 9.47 Å². The van der Waals surface area contributed by atoms with E-state index in [0.717, 1.165) is 36.8 Å². The molecule has 0 saturated heterocycles. The first-order chi connectivity index (χ1) is 20.9. The van der Waals surface area contributed by atoms with E-state index in [0.29, 0.717) is 47.5 Å². The number of hydrogen-bond acceptors (Lipinski definition) is 6. The molecule has 2 N–H and O–H groups in total. The summed E-state index contributed by atoms with van der Waals surface area (Å²) in [6, 6.07) is 6.66. The number of methoxy groups -OCH3 is 1. The molecule has 44 heavy (non-hydrogen) atoms. The molecule has 6 heteroatoms. The Kier molecular flexibility index (Phi) is 8.75. The van der Waals surface area contributed by atoms with Crippen LogP contribution in [0, 0.1) is 5.92 Å². The molecule has 1 fully saturated rings. The van der Waals surface area contributed by atoms with Gasteiger partial charge < -0.3 is 24.4 Å². The van der Waals surface area contributed by atoms with Gasteiger partial charge in [-0.3, -0.25) is 0 Å². The van der Waals surface area contributed by atoms with Gasteiger partial charge >= 0.3 is 5.97 Å². The lowest BCUT2D eigenvalue weighted by Gasteiger charge is -2.56. The monoisotopic (exact) mass is 598 g/mol. The first-order valence-electron chi connectivity index (χ1n) is 15.7. The van der Waals surface area contributed by atoms with Gasteiger partial charge in [-0.2, -0.15) is 0 Å². The molecule has 234 valence electrons. The molecule has 1 saturated carbocycles. The zero-order valence-corrected chi connectivity index (χ0v) is 27.0. The van der Waals surface area contributed by atoms with Crippen LogP contribution in [0.25, 0.3) is 11.1 Å². The van der Waals surface area contributed by atoms with Crippen LogP contribution in [-0.2, 0) is 21.6 Å². The van der Waals surface area contributed by atoms with Crippen LogP contribution in [0.5, 0.6) is 23.0 Å². The van der Waals surface area contributed by atoms with Crippen molar-refractivity contribution in [2.75, 3.05) is 7.11 Å². The minimum absolute atomic E-state index is 0.0721. The Bertz CT molecular complexity index is 1570. The van der Waals surface area contributed by atoms with Crippen LogP contribution in [0.4, 0.5) is 0 Å². The number of fused-ring (bicyclic) bond motifs is 3. The molecule has 2 aliphatic heterocycles.